The number of piperidine rings is 1. The van der Waals surface area contributed by atoms with Gasteiger partial charge < -0.3 is 5.73 Å². The lowest BCUT2D eigenvalue weighted by Crippen LogP contribution is -2.39. The zero-order chi connectivity index (χ0) is 12.7. The van der Waals surface area contributed by atoms with Crippen molar-refractivity contribution in [3.63, 3.8) is 0 Å². The van der Waals surface area contributed by atoms with Gasteiger partial charge in [-0.3, -0.25) is 19.3 Å². The average molecular weight is 245 g/mol. The second kappa shape index (κ2) is 3.80. The average Bonchev–Trinajstić information content (AvgIpc) is 2.72. The maximum absolute atomic E-state index is 11.8. The third-order valence-electron chi connectivity index (χ3n) is 3.11. The number of aromatic nitrogens is 3. The van der Waals surface area contributed by atoms with Gasteiger partial charge in [0.1, 0.15) is 0 Å². The molecule has 2 aromatic rings. The second-order valence-electron chi connectivity index (χ2n) is 4.22. The van der Waals surface area contributed by atoms with Gasteiger partial charge in [-0.1, -0.05) is 6.07 Å². The number of imide groups is 1. The zero-order valence-corrected chi connectivity index (χ0v) is 9.46. The molecule has 0 aliphatic carbocycles. The van der Waals surface area contributed by atoms with Crippen LogP contribution in [-0.2, 0) is 9.59 Å². The summed E-state index contributed by atoms with van der Waals surface area (Å²) in [5, 5.41) is 10.1. The highest BCUT2D eigenvalue weighted by atomic mass is 16.2. The lowest BCUT2D eigenvalue weighted by molar-refractivity contribution is -0.134. The molecular weight excluding hydrogens is 234 g/mol. The van der Waals surface area contributed by atoms with E-state index < -0.39 is 0 Å². The Morgan fingerprint density at radius 3 is 3.00 bits per heavy atom. The molecule has 2 aromatic heterocycles. The fourth-order valence-electron chi connectivity index (χ4n) is 2.22. The lowest BCUT2D eigenvalue weighted by Gasteiger charge is -2.21. The van der Waals surface area contributed by atoms with Gasteiger partial charge in [0.05, 0.1) is 5.92 Å². The first-order valence-electron chi connectivity index (χ1n) is 5.59. The Bertz CT molecular complexity index is 648. The molecule has 3 N–H and O–H groups in total. The molecule has 18 heavy (non-hydrogen) atoms. The molecule has 7 heteroatoms. The zero-order valence-electron chi connectivity index (χ0n) is 9.46. The Hall–Kier alpha value is -2.44. The van der Waals surface area contributed by atoms with Crippen LogP contribution >= 0.6 is 0 Å². The van der Waals surface area contributed by atoms with E-state index >= 15 is 0 Å². The van der Waals surface area contributed by atoms with Crippen LogP contribution in [0, 0.1) is 0 Å². The number of nitrogens with zero attached hydrogens (tertiary/aromatic N) is 3. The molecule has 1 unspecified atom stereocenters. The van der Waals surface area contributed by atoms with Gasteiger partial charge in [-0.2, -0.15) is 0 Å². The fourth-order valence-corrected chi connectivity index (χ4v) is 2.22. The van der Waals surface area contributed by atoms with E-state index in [1.165, 1.54) is 0 Å². The van der Waals surface area contributed by atoms with E-state index in [1.807, 2.05) is 6.07 Å². The monoisotopic (exact) mass is 245 g/mol. The first-order valence-corrected chi connectivity index (χ1v) is 5.59. The summed E-state index contributed by atoms with van der Waals surface area (Å²) >= 11 is 0. The molecule has 1 aliphatic heterocycles. The van der Waals surface area contributed by atoms with Crippen LogP contribution in [0.5, 0.6) is 0 Å². The van der Waals surface area contributed by atoms with Crippen LogP contribution in [0.3, 0.4) is 0 Å². The maximum Gasteiger partial charge on any atom is 0.234 e. The van der Waals surface area contributed by atoms with Crippen molar-refractivity contribution < 1.29 is 9.59 Å². The summed E-state index contributed by atoms with van der Waals surface area (Å²) in [4.78, 5) is 23.0. The van der Waals surface area contributed by atoms with Gasteiger partial charge in [-0.05, 0) is 12.5 Å². The summed E-state index contributed by atoms with van der Waals surface area (Å²) in [5.74, 6) is -0.626. The molecule has 2 amide bonds. The minimum Gasteiger partial charge on any atom is -0.368 e. The number of nitrogen functional groups attached to an aromatic ring is 1. The number of pyridine rings is 1. The molecule has 0 aromatic carbocycles. The summed E-state index contributed by atoms with van der Waals surface area (Å²) in [5.41, 5.74) is 6.97. The number of nitrogens with two attached hydrogens (primary N) is 1. The molecule has 1 aliphatic rings. The molecule has 1 atom stereocenters. The molecule has 0 saturated carbocycles. The van der Waals surface area contributed by atoms with Gasteiger partial charge in [-0.25, -0.2) is 0 Å². The predicted octanol–water partition coefficient (Wildman–Crippen LogP) is -0.168. The lowest BCUT2D eigenvalue weighted by atomic mass is 9.91. The number of fused-ring (bicyclic) bond motifs is 1. The molecule has 0 radical (unpaired) electrons. The van der Waals surface area contributed by atoms with Gasteiger partial charge in [-0.15, -0.1) is 10.2 Å². The number of anilines is 1. The summed E-state index contributed by atoms with van der Waals surface area (Å²) in [6.07, 6.45) is 2.55. The van der Waals surface area contributed by atoms with Crippen LogP contribution in [0.2, 0.25) is 0 Å². The van der Waals surface area contributed by atoms with Crippen molar-refractivity contribution in [2.24, 2.45) is 0 Å². The highest BCUT2D eigenvalue weighted by Gasteiger charge is 2.30. The highest BCUT2D eigenvalue weighted by Crippen LogP contribution is 2.27. The molecule has 7 nitrogen and oxygen atoms in total. The van der Waals surface area contributed by atoms with Gasteiger partial charge in [0.2, 0.25) is 17.8 Å². The van der Waals surface area contributed by atoms with Crippen LogP contribution in [-0.4, -0.2) is 26.4 Å². The van der Waals surface area contributed by atoms with Gasteiger partial charge in [0.25, 0.3) is 0 Å². The van der Waals surface area contributed by atoms with E-state index in [0.29, 0.717) is 18.5 Å². The van der Waals surface area contributed by atoms with E-state index in [9.17, 15) is 9.59 Å². The van der Waals surface area contributed by atoms with E-state index in [2.05, 4.69) is 15.5 Å². The summed E-state index contributed by atoms with van der Waals surface area (Å²) in [6, 6.07) is 3.59. The van der Waals surface area contributed by atoms with Crippen LogP contribution in [0.15, 0.2) is 18.3 Å². The summed E-state index contributed by atoms with van der Waals surface area (Å²) in [7, 11) is 0. The van der Waals surface area contributed by atoms with Crippen molar-refractivity contribution in [3.05, 3.63) is 23.9 Å². The van der Waals surface area contributed by atoms with Crippen molar-refractivity contribution in [3.8, 4) is 0 Å². The number of hydrogen-bond donors (Lipinski definition) is 2. The number of hydrogen-bond acceptors (Lipinski definition) is 5. The second-order valence-corrected chi connectivity index (χ2v) is 4.22. The van der Waals surface area contributed by atoms with Crippen molar-refractivity contribution in [1.82, 2.24) is 19.9 Å². The quantitative estimate of drug-likeness (QED) is 0.679. The Balaban J connectivity index is 2.09. The van der Waals surface area contributed by atoms with Crippen molar-refractivity contribution in [2.75, 3.05) is 5.73 Å². The number of carbonyl (C=O) groups excluding carboxylic acids is 2. The minimum absolute atomic E-state index is 0.232. The third-order valence-corrected chi connectivity index (χ3v) is 3.11. The van der Waals surface area contributed by atoms with Gasteiger partial charge in [0.15, 0.2) is 5.65 Å². The number of amides is 2. The fraction of sp³-hybridized carbons (Fsp3) is 0.273. The van der Waals surface area contributed by atoms with Crippen molar-refractivity contribution in [1.29, 1.82) is 0 Å². The topological polar surface area (TPSA) is 102 Å². The number of carbonyl (C=O) groups is 2. The molecule has 1 fully saturated rings. The van der Waals surface area contributed by atoms with E-state index in [0.717, 1.165) is 5.56 Å². The molecule has 0 spiro atoms. The highest BCUT2D eigenvalue weighted by molar-refractivity contribution is 6.01. The van der Waals surface area contributed by atoms with E-state index in [-0.39, 0.29) is 23.7 Å². The van der Waals surface area contributed by atoms with Gasteiger partial charge >= 0.3 is 0 Å². The molecule has 0 bridgehead atoms. The molecule has 1 saturated heterocycles. The smallest absolute Gasteiger partial charge is 0.234 e. The Kier molecular flexibility index (Phi) is 2.26. The summed E-state index contributed by atoms with van der Waals surface area (Å²) in [6.45, 7) is 0. The standard InChI is InChI=1S/C11H11N5O2/c12-11-15-14-9-6(2-1-5-16(9)11)7-3-4-8(17)13-10(7)18/h1-2,5,7H,3-4H2,(H2,12,15)(H,13,17,18). The van der Waals surface area contributed by atoms with E-state index in [1.54, 1.807) is 16.7 Å². The molecular formula is C11H11N5O2. The first kappa shape index (κ1) is 10.7. The Morgan fingerprint density at radius 1 is 1.39 bits per heavy atom. The minimum atomic E-state index is -0.380. The van der Waals surface area contributed by atoms with Crippen LogP contribution in [0.4, 0.5) is 5.95 Å². The van der Waals surface area contributed by atoms with E-state index in [4.69, 9.17) is 5.73 Å². The first-order chi connectivity index (χ1) is 8.66. The normalized spacial score (nSPS) is 20.1. The Labute approximate surface area is 102 Å². The largest absolute Gasteiger partial charge is 0.368 e. The SMILES string of the molecule is Nc1nnc2c(C3CCC(=O)NC3=O)cccn12. The molecule has 3 heterocycles. The van der Waals surface area contributed by atoms with Crippen LogP contribution in [0.1, 0.15) is 24.3 Å². The molecule has 3 rings (SSSR count). The van der Waals surface area contributed by atoms with Crippen LogP contribution < -0.4 is 11.1 Å². The van der Waals surface area contributed by atoms with Crippen molar-refractivity contribution >= 4 is 23.4 Å². The third kappa shape index (κ3) is 1.52. The maximum atomic E-state index is 11.8. The van der Waals surface area contributed by atoms with Gasteiger partial charge in [0, 0.05) is 18.2 Å². The number of nitrogens with one attached hydrogen (secondary N) is 1. The molecule has 92 valence electrons. The number of rotatable bonds is 1. The van der Waals surface area contributed by atoms with Crippen molar-refractivity contribution in [2.45, 2.75) is 18.8 Å². The summed E-state index contributed by atoms with van der Waals surface area (Å²) < 4.78 is 1.62. The Morgan fingerprint density at radius 2 is 2.22 bits per heavy atom. The predicted molar refractivity (Wildman–Crippen MR) is 62.5 cm³/mol. The van der Waals surface area contributed by atoms with Crippen LogP contribution in [0.25, 0.3) is 5.65 Å².